The second-order valence-corrected chi connectivity index (χ2v) is 4.81. The molecule has 0 saturated carbocycles. The van der Waals surface area contributed by atoms with Gasteiger partial charge in [-0.2, -0.15) is 0 Å². The molecule has 0 amide bonds. The molecule has 0 unspecified atom stereocenters. The summed E-state index contributed by atoms with van der Waals surface area (Å²) in [4.78, 5) is 0. The number of rotatable bonds is 5. The molecule has 1 aromatic carbocycles. The molecule has 1 N–H and O–H groups in total. The summed E-state index contributed by atoms with van der Waals surface area (Å²) in [6.45, 7) is 2.90. The highest BCUT2D eigenvalue weighted by Gasteiger charge is 2.04. The first-order chi connectivity index (χ1) is 8.31. The van der Waals surface area contributed by atoms with E-state index in [1.54, 1.807) is 6.26 Å². The van der Waals surface area contributed by atoms with E-state index in [1.165, 1.54) is 11.3 Å². The number of aryl methyl sites for hydroxylation is 1. The normalized spacial score (nSPS) is 10.5. The Labute approximate surface area is 110 Å². The number of hydrogen-bond donors (Lipinski definition) is 1. The molecule has 0 fully saturated rings. The highest BCUT2D eigenvalue weighted by molar-refractivity contribution is 9.10. The van der Waals surface area contributed by atoms with Crippen molar-refractivity contribution in [3.63, 3.8) is 0 Å². The number of furan rings is 1. The molecule has 90 valence electrons. The van der Waals surface area contributed by atoms with Crippen LogP contribution in [0.4, 0.5) is 5.69 Å². The van der Waals surface area contributed by atoms with Gasteiger partial charge < -0.3 is 9.73 Å². The van der Waals surface area contributed by atoms with Crippen LogP contribution in [0.1, 0.15) is 24.7 Å². The Morgan fingerprint density at radius 1 is 1.24 bits per heavy atom. The van der Waals surface area contributed by atoms with Crippen LogP contribution in [0.25, 0.3) is 0 Å². The summed E-state index contributed by atoms with van der Waals surface area (Å²) in [5, 5.41) is 3.42. The van der Waals surface area contributed by atoms with Crippen molar-refractivity contribution in [2.24, 2.45) is 0 Å². The predicted octanol–water partition coefficient (Wildman–Crippen LogP) is 4.61. The molecule has 2 aromatic rings. The third kappa shape index (κ3) is 3.13. The summed E-state index contributed by atoms with van der Waals surface area (Å²) in [6, 6.07) is 10.3. The molecule has 0 spiro atoms. The van der Waals surface area contributed by atoms with Crippen molar-refractivity contribution < 1.29 is 4.42 Å². The van der Waals surface area contributed by atoms with Gasteiger partial charge in [0.05, 0.1) is 17.3 Å². The number of anilines is 1. The Balaban J connectivity index is 2.06. The zero-order valence-corrected chi connectivity index (χ0v) is 11.5. The fraction of sp³-hybridized carbons (Fsp3) is 0.286. The smallest absolute Gasteiger partial charge is 0.136 e. The van der Waals surface area contributed by atoms with Crippen LogP contribution in [0.15, 0.2) is 45.5 Å². The van der Waals surface area contributed by atoms with Crippen LogP contribution in [-0.4, -0.2) is 0 Å². The van der Waals surface area contributed by atoms with Gasteiger partial charge in [0.1, 0.15) is 5.76 Å². The molecule has 0 aliphatic carbocycles. The van der Waals surface area contributed by atoms with Gasteiger partial charge in [0.15, 0.2) is 0 Å². The van der Waals surface area contributed by atoms with E-state index in [0.29, 0.717) is 6.54 Å². The summed E-state index contributed by atoms with van der Waals surface area (Å²) in [5.74, 6) is 0.927. The molecule has 2 rings (SSSR count). The van der Waals surface area contributed by atoms with Crippen LogP contribution in [-0.2, 0) is 13.0 Å². The third-order valence-corrected chi connectivity index (χ3v) is 3.37. The van der Waals surface area contributed by atoms with Gasteiger partial charge in [0.2, 0.25) is 0 Å². The summed E-state index contributed by atoms with van der Waals surface area (Å²) in [6.07, 6.45) is 3.95. The Morgan fingerprint density at radius 3 is 2.76 bits per heavy atom. The van der Waals surface area contributed by atoms with Crippen molar-refractivity contribution >= 4 is 21.6 Å². The van der Waals surface area contributed by atoms with E-state index in [-0.39, 0.29) is 0 Å². The molecule has 17 heavy (non-hydrogen) atoms. The molecular formula is C14H16BrNO. The second-order valence-electron chi connectivity index (χ2n) is 3.95. The van der Waals surface area contributed by atoms with Crippen molar-refractivity contribution in [3.05, 3.63) is 52.4 Å². The Kier molecular flexibility index (Phi) is 4.26. The van der Waals surface area contributed by atoms with Crippen molar-refractivity contribution in [1.82, 2.24) is 0 Å². The monoisotopic (exact) mass is 293 g/mol. The first kappa shape index (κ1) is 12.2. The summed E-state index contributed by atoms with van der Waals surface area (Å²) >= 11 is 3.46. The number of halogens is 1. The predicted molar refractivity (Wildman–Crippen MR) is 74.2 cm³/mol. The second kappa shape index (κ2) is 5.92. The first-order valence-electron chi connectivity index (χ1n) is 5.85. The first-order valence-corrected chi connectivity index (χ1v) is 6.64. The molecule has 0 atom stereocenters. The summed E-state index contributed by atoms with van der Waals surface area (Å²) < 4.78 is 6.39. The highest BCUT2D eigenvalue weighted by atomic mass is 79.9. The van der Waals surface area contributed by atoms with Crippen LogP contribution in [0.5, 0.6) is 0 Å². The van der Waals surface area contributed by atoms with Gasteiger partial charge >= 0.3 is 0 Å². The van der Waals surface area contributed by atoms with Crippen molar-refractivity contribution in [2.75, 3.05) is 5.32 Å². The van der Waals surface area contributed by atoms with Crippen molar-refractivity contribution in [3.8, 4) is 0 Å². The van der Waals surface area contributed by atoms with E-state index >= 15 is 0 Å². The average Bonchev–Trinajstić information content (AvgIpc) is 2.74. The molecule has 1 aromatic heterocycles. The van der Waals surface area contributed by atoms with Gasteiger partial charge in [-0.15, -0.1) is 0 Å². The minimum atomic E-state index is 0.703. The number of nitrogens with one attached hydrogen (secondary N) is 1. The SMILES string of the molecule is CCCc1ccccc1NCc1occc1Br. The Morgan fingerprint density at radius 2 is 2.06 bits per heavy atom. The van der Waals surface area contributed by atoms with Gasteiger partial charge in [0, 0.05) is 5.69 Å². The van der Waals surface area contributed by atoms with Crippen molar-refractivity contribution in [1.29, 1.82) is 0 Å². The van der Waals surface area contributed by atoms with Gasteiger partial charge in [-0.1, -0.05) is 31.5 Å². The lowest BCUT2D eigenvalue weighted by Gasteiger charge is -2.10. The lowest BCUT2D eigenvalue weighted by atomic mass is 10.1. The van der Waals surface area contributed by atoms with E-state index in [4.69, 9.17) is 4.42 Å². The van der Waals surface area contributed by atoms with E-state index in [1.807, 2.05) is 6.07 Å². The largest absolute Gasteiger partial charge is 0.466 e. The van der Waals surface area contributed by atoms with E-state index in [9.17, 15) is 0 Å². The molecule has 3 heteroatoms. The maximum Gasteiger partial charge on any atom is 0.136 e. The van der Waals surface area contributed by atoms with Crippen LogP contribution >= 0.6 is 15.9 Å². The maximum atomic E-state index is 5.38. The van der Waals surface area contributed by atoms with Crippen LogP contribution < -0.4 is 5.32 Å². The fourth-order valence-electron chi connectivity index (χ4n) is 1.81. The number of benzene rings is 1. The summed E-state index contributed by atoms with van der Waals surface area (Å²) in [7, 11) is 0. The molecule has 0 saturated heterocycles. The zero-order chi connectivity index (χ0) is 12.1. The zero-order valence-electron chi connectivity index (χ0n) is 9.87. The van der Waals surface area contributed by atoms with Crippen molar-refractivity contribution in [2.45, 2.75) is 26.3 Å². The van der Waals surface area contributed by atoms with E-state index in [0.717, 1.165) is 23.1 Å². The standard InChI is InChI=1S/C14H16BrNO/c1-2-5-11-6-3-4-7-13(11)16-10-14-12(15)8-9-17-14/h3-4,6-9,16H,2,5,10H2,1H3. The fourth-order valence-corrected chi connectivity index (χ4v) is 2.15. The van der Waals surface area contributed by atoms with Gasteiger partial charge in [-0.25, -0.2) is 0 Å². The van der Waals surface area contributed by atoms with Gasteiger partial charge in [-0.05, 0) is 40.0 Å². The topological polar surface area (TPSA) is 25.2 Å². The van der Waals surface area contributed by atoms with Crippen LogP contribution in [0.3, 0.4) is 0 Å². The molecule has 1 heterocycles. The van der Waals surface area contributed by atoms with Gasteiger partial charge in [0.25, 0.3) is 0 Å². The Bertz CT molecular complexity index is 479. The molecule has 2 nitrogen and oxygen atoms in total. The lowest BCUT2D eigenvalue weighted by molar-refractivity contribution is 0.516. The van der Waals surface area contributed by atoms with E-state index in [2.05, 4.69) is 52.4 Å². The van der Waals surface area contributed by atoms with E-state index < -0.39 is 0 Å². The molecule has 0 aliphatic rings. The Hall–Kier alpha value is -1.22. The minimum Gasteiger partial charge on any atom is -0.466 e. The minimum absolute atomic E-state index is 0.703. The summed E-state index contributed by atoms with van der Waals surface area (Å²) in [5.41, 5.74) is 2.55. The quantitative estimate of drug-likeness (QED) is 0.871. The maximum absolute atomic E-state index is 5.38. The van der Waals surface area contributed by atoms with Gasteiger partial charge in [-0.3, -0.25) is 0 Å². The molecule has 0 bridgehead atoms. The number of para-hydroxylation sites is 1. The van der Waals surface area contributed by atoms with Crippen LogP contribution in [0.2, 0.25) is 0 Å². The molecule has 0 aliphatic heterocycles. The third-order valence-electron chi connectivity index (χ3n) is 2.67. The van der Waals surface area contributed by atoms with Crippen LogP contribution in [0, 0.1) is 0 Å². The number of hydrogen-bond acceptors (Lipinski definition) is 2. The average molecular weight is 294 g/mol. The molecular weight excluding hydrogens is 278 g/mol. The lowest BCUT2D eigenvalue weighted by Crippen LogP contribution is -2.01. The highest BCUT2D eigenvalue weighted by Crippen LogP contribution is 2.21. The molecule has 0 radical (unpaired) electrons.